The number of hydrogen-bond acceptors (Lipinski definition) is 0. The maximum atomic E-state index is 3.61. The summed E-state index contributed by atoms with van der Waals surface area (Å²) in [5.41, 5.74) is 10.1. The zero-order valence-electron chi connectivity index (χ0n) is 49.5. The summed E-state index contributed by atoms with van der Waals surface area (Å²) in [5, 5.41) is 16.0. The normalized spacial score (nSPS) is 12.2. The second kappa shape index (κ2) is 23.1. The molecule has 0 saturated heterocycles. The third kappa shape index (κ3) is 10.2. The smallest absolute Gasteiger partial charge is 0.179 e. The predicted molar refractivity (Wildman–Crippen MR) is 382 cm³/mol. The maximum Gasteiger partial charge on any atom is 0.179 e. The zero-order valence-corrected chi connectivity index (χ0v) is 54.7. The largest absolute Gasteiger partial charge is 0.309 e. The summed E-state index contributed by atoms with van der Waals surface area (Å²) in [6.07, 6.45) is 0. The van der Waals surface area contributed by atoms with Gasteiger partial charge in [0.2, 0.25) is 0 Å². The first-order valence-electron chi connectivity index (χ1n) is 29.8. The summed E-state index contributed by atoms with van der Waals surface area (Å²) >= 11 is 7.23. The quantitative estimate of drug-likeness (QED) is 0.0954. The summed E-state index contributed by atoms with van der Waals surface area (Å²) < 4.78 is 7.04. The van der Waals surface area contributed by atoms with Crippen molar-refractivity contribution in [3.05, 3.63) is 323 Å². The third-order valence-electron chi connectivity index (χ3n) is 17.5. The highest BCUT2D eigenvalue weighted by molar-refractivity contribution is 9.10. The molecule has 420 valence electrons. The van der Waals surface area contributed by atoms with Gasteiger partial charge in [-0.1, -0.05) is 304 Å². The average Bonchev–Trinajstić information content (AvgIpc) is 1.38. The van der Waals surface area contributed by atoms with E-state index in [2.05, 4.69) is 386 Å². The maximum absolute atomic E-state index is 3.61. The van der Waals surface area contributed by atoms with Crippen molar-refractivity contribution < 1.29 is 0 Å². The van der Waals surface area contributed by atoms with Gasteiger partial charge in [-0.2, -0.15) is 0 Å². The van der Waals surface area contributed by atoms with Crippen molar-refractivity contribution >= 4 is 133 Å². The molecule has 0 N–H and O–H groups in total. The highest BCUT2D eigenvalue weighted by Crippen LogP contribution is 2.37. The molecule has 0 spiro atoms. The minimum absolute atomic E-state index is 0.0592. The van der Waals surface area contributed by atoms with E-state index in [0.717, 1.165) is 8.95 Å². The Labute approximate surface area is 525 Å². The van der Waals surface area contributed by atoms with Crippen LogP contribution >= 0.6 is 31.9 Å². The summed E-state index contributed by atoms with van der Waals surface area (Å²) in [6.45, 7) is 13.6. The van der Waals surface area contributed by atoms with Gasteiger partial charge in [-0.05, 0) is 136 Å². The fourth-order valence-corrected chi connectivity index (χ4v) is 23.6. The number of rotatable bonds is 10. The van der Waals surface area contributed by atoms with E-state index < -0.39 is 16.1 Å². The first-order chi connectivity index (χ1) is 41.7. The van der Waals surface area contributed by atoms with Crippen molar-refractivity contribution in [2.45, 2.75) is 52.4 Å². The lowest BCUT2D eigenvalue weighted by Gasteiger charge is -2.34. The first-order valence-corrected chi connectivity index (χ1v) is 35.4. The standard InChI is InChI=1S/C58H49NSi2.C22H19Br2N/c1-58(2,3)44-34-36-45(37-35-44)59-56-40-38-52(60(46-22-10-4-11-23-46,47-24-12-5-13-25-47)48-26-14-6-15-27-48)42-54(56)55-43-53(39-41-57(55)59)61(49-28-16-7-17-29-49,50-30-18-8-19-31-50)51-32-20-9-21-33-51;1-22(2,3)14-4-8-17(9-5-14)25-20-10-6-15(23)12-18(20)19-13-16(24)7-11-21(19)25/h4-43H,1-3H3;4-13H,1-3H3. The van der Waals surface area contributed by atoms with Gasteiger partial charge in [-0.25, -0.2) is 0 Å². The minimum Gasteiger partial charge on any atom is -0.309 e. The molecule has 0 amide bonds. The molecule has 14 aromatic rings. The Morgan fingerprint density at radius 2 is 0.477 bits per heavy atom. The molecule has 0 bridgehead atoms. The van der Waals surface area contributed by atoms with E-state index in [4.69, 9.17) is 0 Å². The van der Waals surface area contributed by atoms with Gasteiger partial charge in [0.05, 0.1) is 22.1 Å². The van der Waals surface area contributed by atoms with Gasteiger partial charge in [-0.3, -0.25) is 0 Å². The molecule has 2 nitrogen and oxygen atoms in total. The fourth-order valence-electron chi connectivity index (χ4n) is 13.4. The highest BCUT2D eigenvalue weighted by atomic mass is 79.9. The molecule has 0 aliphatic heterocycles. The van der Waals surface area contributed by atoms with E-state index in [0.29, 0.717) is 0 Å². The molecule has 14 rings (SSSR count). The van der Waals surface area contributed by atoms with Crippen LogP contribution in [0, 0.1) is 0 Å². The van der Waals surface area contributed by atoms with Crippen molar-refractivity contribution in [3.8, 4) is 11.4 Å². The van der Waals surface area contributed by atoms with Crippen molar-refractivity contribution in [2.75, 3.05) is 0 Å². The third-order valence-corrected chi connectivity index (χ3v) is 28.1. The molecule has 2 heterocycles. The van der Waals surface area contributed by atoms with E-state index in [1.807, 2.05) is 0 Å². The summed E-state index contributed by atoms with van der Waals surface area (Å²) in [7, 11) is -5.62. The molecular weight excluding hydrogens is 1200 g/mol. The van der Waals surface area contributed by atoms with Crippen LogP contribution in [-0.4, -0.2) is 25.3 Å². The van der Waals surface area contributed by atoms with Crippen molar-refractivity contribution in [2.24, 2.45) is 0 Å². The van der Waals surface area contributed by atoms with Crippen LogP contribution in [0.25, 0.3) is 55.0 Å². The summed E-state index contributed by atoms with van der Waals surface area (Å²) in [5.74, 6) is 0. The molecule has 0 aliphatic carbocycles. The van der Waals surface area contributed by atoms with Gasteiger partial charge >= 0.3 is 0 Å². The monoisotopic (exact) mass is 1270 g/mol. The molecular formula is C80H68Br2N2Si2. The Hall–Kier alpha value is -8.37. The topological polar surface area (TPSA) is 9.86 Å². The van der Waals surface area contributed by atoms with Crippen molar-refractivity contribution in [1.29, 1.82) is 0 Å². The number of halogens is 2. The van der Waals surface area contributed by atoms with Gasteiger partial charge in [-0.15, -0.1) is 0 Å². The van der Waals surface area contributed by atoms with E-state index in [-0.39, 0.29) is 10.8 Å². The Balaban J connectivity index is 0.000000228. The van der Waals surface area contributed by atoms with E-state index in [9.17, 15) is 0 Å². The van der Waals surface area contributed by atoms with Crippen LogP contribution in [0.2, 0.25) is 0 Å². The van der Waals surface area contributed by atoms with Crippen molar-refractivity contribution in [1.82, 2.24) is 9.13 Å². The van der Waals surface area contributed by atoms with Crippen LogP contribution in [0.3, 0.4) is 0 Å². The predicted octanol–water partition coefficient (Wildman–Crippen LogP) is 16.4. The molecule has 12 aromatic carbocycles. The molecule has 0 atom stereocenters. The van der Waals surface area contributed by atoms with Crippen LogP contribution < -0.4 is 41.5 Å². The average molecular weight is 1270 g/mol. The van der Waals surface area contributed by atoms with Crippen LogP contribution in [0.15, 0.2) is 312 Å². The van der Waals surface area contributed by atoms with Crippen LogP contribution in [0.5, 0.6) is 0 Å². The number of aromatic nitrogens is 2. The van der Waals surface area contributed by atoms with Gasteiger partial charge in [0, 0.05) is 41.9 Å². The van der Waals surface area contributed by atoms with Gasteiger partial charge in [0.25, 0.3) is 0 Å². The Bertz CT molecular complexity index is 4250. The summed E-state index contributed by atoms with van der Waals surface area (Å²) in [4.78, 5) is 0. The second-order valence-electron chi connectivity index (χ2n) is 24.7. The summed E-state index contributed by atoms with van der Waals surface area (Å²) in [6, 6.07) is 114. The molecule has 6 heteroatoms. The van der Waals surface area contributed by atoms with Gasteiger partial charge < -0.3 is 9.13 Å². The van der Waals surface area contributed by atoms with E-state index in [1.54, 1.807) is 0 Å². The number of fused-ring (bicyclic) bond motifs is 6. The molecule has 0 aliphatic rings. The molecule has 0 unspecified atom stereocenters. The minimum atomic E-state index is -2.81. The van der Waals surface area contributed by atoms with Gasteiger partial charge in [0.15, 0.2) is 16.1 Å². The lowest BCUT2D eigenvalue weighted by atomic mass is 9.87. The number of benzene rings is 12. The lowest BCUT2D eigenvalue weighted by molar-refractivity contribution is 0.590. The second-order valence-corrected chi connectivity index (χ2v) is 34.2. The zero-order chi connectivity index (χ0) is 59.2. The molecule has 2 aromatic heterocycles. The number of hydrogen-bond donors (Lipinski definition) is 0. The van der Waals surface area contributed by atoms with Crippen LogP contribution in [-0.2, 0) is 10.8 Å². The molecule has 0 radical (unpaired) electrons. The van der Waals surface area contributed by atoms with Crippen LogP contribution in [0.4, 0.5) is 0 Å². The van der Waals surface area contributed by atoms with E-state index >= 15 is 0 Å². The van der Waals surface area contributed by atoms with Crippen LogP contribution in [0.1, 0.15) is 52.7 Å². The Morgan fingerprint density at radius 1 is 0.244 bits per heavy atom. The number of nitrogens with zero attached hydrogens (tertiary/aromatic N) is 2. The van der Waals surface area contributed by atoms with Crippen molar-refractivity contribution in [3.63, 3.8) is 0 Å². The molecule has 0 saturated carbocycles. The Morgan fingerprint density at radius 3 is 0.721 bits per heavy atom. The molecule has 86 heavy (non-hydrogen) atoms. The SMILES string of the molecule is CC(C)(C)c1ccc(-n2c3ccc(Br)cc3c3cc(Br)ccc32)cc1.CC(C)(C)c1ccc(-n2c3ccc([Si](c4ccccc4)(c4ccccc4)c4ccccc4)cc3c3cc([Si](c4ccccc4)(c4ccccc4)c4ccccc4)ccc32)cc1. The Kier molecular flexibility index (Phi) is 15.3. The first kappa shape index (κ1) is 56.7. The van der Waals surface area contributed by atoms with E-state index in [1.165, 1.54) is 108 Å². The highest BCUT2D eigenvalue weighted by Gasteiger charge is 2.43. The molecule has 0 fully saturated rings. The van der Waals surface area contributed by atoms with Gasteiger partial charge in [0.1, 0.15) is 0 Å². The lowest BCUT2D eigenvalue weighted by Crippen LogP contribution is -2.74. The fraction of sp³-hybridized carbons (Fsp3) is 0.100.